The molecule has 4 nitrogen and oxygen atoms in total. The zero-order chi connectivity index (χ0) is 33.1. The fourth-order valence-electron chi connectivity index (χ4n) is 3.70. The molecule has 1 aliphatic rings. The van der Waals surface area contributed by atoms with Crippen LogP contribution in [0.4, 0.5) is 79.4 Å². The summed E-state index contributed by atoms with van der Waals surface area (Å²) in [6, 6.07) is 2.88. The number of hydrogen-bond donors (Lipinski definition) is 0. The van der Waals surface area contributed by atoms with E-state index < -0.39 is 84.6 Å². The highest BCUT2D eigenvalue weighted by molar-refractivity contribution is 5.93. The van der Waals surface area contributed by atoms with Gasteiger partial charge in [-0.1, -0.05) is 37.3 Å². The van der Waals surface area contributed by atoms with Gasteiger partial charge in [0.2, 0.25) is 5.91 Å². The molecule has 2 rings (SSSR count). The number of alkyl halides is 17. The minimum Gasteiger partial charge on any atom is -0.437 e. The summed E-state index contributed by atoms with van der Waals surface area (Å²) in [7, 11) is 0. The van der Waals surface area contributed by atoms with Gasteiger partial charge in [-0.2, -0.15) is 74.6 Å². The summed E-state index contributed by atoms with van der Waals surface area (Å²) in [5.41, 5.74) is -0.225. The van der Waals surface area contributed by atoms with Crippen molar-refractivity contribution < 1.29 is 89.0 Å². The molecular weight excluding hydrogens is 637 g/mol. The maximum atomic E-state index is 15.0. The van der Waals surface area contributed by atoms with Crippen molar-refractivity contribution in [1.82, 2.24) is 4.90 Å². The van der Waals surface area contributed by atoms with Gasteiger partial charge in [0.15, 0.2) is 6.10 Å². The van der Waals surface area contributed by atoms with Gasteiger partial charge in [-0.25, -0.2) is 9.69 Å². The monoisotopic (exact) mass is 651 g/mol. The lowest BCUT2D eigenvalue weighted by atomic mass is 9.85. The molecule has 0 aliphatic carbocycles. The summed E-state index contributed by atoms with van der Waals surface area (Å²) in [5.74, 6) is -59.6. The van der Waals surface area contributed by atoms with Crippen molar-refractivity contribution in [3.05, 3.63) is 35.9 Å². The van der Waals surface area contributed by atoms with Gasteiger partial charge in [0, 0.05) is 6.42 Å². The van der Waals surface area contributed by atoms with Crippen molar-refractivity contribution >= 4 is 12.0 Å². The molecule has 1 aliphatic heterocycles. The van der Waals surface area contributed by atoms with Gasteiger partial charge in [0.25, 0.3) is 0 Å². The second-order valence-electron chi connectivity index (χ2n) is 8.75. The molecule has 0 aromatic heterocycles. The van der Waals surface area contributed by atoms with Crippen molar-refractivity contribution in [2.45, 2.75) is 79.5 Å². The first-order valence-corrected chi connectivity index (χ1v) is 10.9. The van der Waals surface area contributed by atoms with Crippen LogP contribution in [0.5, 0.6) is 0 Å². The van der Waals surface area contributed by atoms with Crippen LogP contribution in [0.25, 0.3) is 0 Å². The number of carbonyl (C=O) groups is 2. The molecule has 42 heavy (non-hydrogen) atoms. The standard InChI is InChI=1S/C21H14F17NO3/c1-2-11(40)39-10(8-9-6-4-3-5-7-9)12(42-13(39)41)14(22,23)15(24,25)16(26,27)17(28,29)18(30,31)19(32,33)20(34,35)21(36,37)38/h3-7,10,12H,2,8H2,1H3/t10-,12-/m0/s1. The van der Waals surface area contributed by atoms with Crippen LogP contribution in [0.1, 0.15) is 18.9 Å². The lowest BCUT2D eigenvalue weighted by Gasteiger charge is -2.43. The third-order valence-electron chi connectivity index (χ3n) is 6.07. The minimum atomic E-state index is -8.79. The molecule has 1 aromatic rings. The van der Waals surface area contributed by atoms with E-state index in [-0.39, 0.29) is 10.5 Å². The maximum absolute atomic E-state index is 15.0. The van der Waals surface area contributed by atoms with Crippen LogP contribution in [0.3, 0.4) is 0 Å². The second-order valence-corrected chi connectivity index (χ2v) is 8.75. The molecule has 0 N–H and O–H groups in total. The summed E-state index contributed by atoms with van der Waals surface area (Å²) in [6.07, 6.45) is -16.2. The van der Waals surface area contributed by atoms with Gasteiger partial charge in [-0.15, -0.1) is 0 Å². The third kappa shape index (κ3) is 4.79. The van der Waals surface area contributed by atoms with E-state index in [2.05, 4.69) is 4.74 Å². The van der Waals surface area contributed by atoms with Crippen molar-refractivity contribution in [1.29, 1.82) is 0 Å². The Bertz CT molecular complexity index is 1170. The van der Waals surface area contributed by atoms with E-state index in [1.165, 1.54) is 6.07 Å². The largest absolute Gasteiger partial charge is 0.460 e. The Labute approximate surface area is 222 Å². The fraction of sp³-hybridized carbons (Fsp3) is 0.619. The van der Waals surface area contributed by atoms with Crippen LogP contribution < -0.4 is 0 Å². The van der Waals surface area contributed by atoms with E-state index in [1.54, 1.807) is 0 Å². The molecule has 0 bridgehead atoms. The highest BCUT2D eigenvalue weighted by Gasteiger charge is 2.96. The molecule has 21 heteroatoms. The van der Waals surface area contributed by atoms with Crippen molar-refractivity contribution in [2.24, 2.45) is 0 Å². The van der Waals surface area contributed by atoms with Crippen LogP contribution in [0.2, 0.25) is 0 Å². The average Bonchev–Trinajstić information content (AvgIpc) is 3.18. The lowest BCUT2D eigenvalue weighted by Crippen LogP contribution is -2.75. The SMILES string of the molecule is CCC(=O)N1C(=O)O[C@H](C(F)(F)C(F)(F)C(F)(F)C(F)(F)C(F)(F)C(F)(F)C(F)(F)C(F)(F)F)[C@@H]1Cc1ccccc1. The van der Waals surface area contributed by atoms with E-state index in [9.17, 15) is 84.2 Å². The number of ether oxygens (including phenoxy) is 1. The summed E-state index contributed by atoms with van der Waals surface area (Å²) in [5, 5.41) is 0. The van der Waals surface area contributed by atoms with E-state index in [4.69, 9.17) is 0 Å². The quantitative estimate of drug-likeness (QED) is 0.249. The van der Waals surface area contributed by atoms with Crippen LogP contribution >= 0.6 is 0 Å². The molecule has 1 aromatic carbocycles. The molecule has 0 radical (unpaired) electrons. The molecule has 0 saturated carbocycles. The number of cyclic esters (lactones) is 1. The summed E-state index contributed by atoms with van der Waals surface area (Å²) in [4.78, 5) is 23.8. The number of nitrogens with zero attached hydrogens (tertiary/aromatic N) is 1. The van der Waals surface area contributed by atoms with Crippen molar-refractivity contribution in [3.8, 4) is 0 Å². The Balaban J connectivity index is 2.69. The van der Waals surface area contributed by atoms with Crippen LogP contribution in [-0.4, -0.2) is 76.7 Å². The molecular formula is C21H14F17NO3. The van der Waals surface area contributed by atoms with Crippen molar-refractivity contribution in [2.75, 3.05) is 0 Å². The second kappa shape index (κ2) is 10.3. The highest BCUT2D eigenvalue weighted by Crippen LogP contribution is 2.64. The summed E-state index contributed by atoms with van der Waals surface area (Å²) in [6.45, 7) is 0.961. The van der Waals surface area contributed by atoms with E-state index in [0.29, 0.717) is 0 Å². The fourth-order valence-corrected chi connectivity index (χ4v) is 3.70. The predicted octanol–water partition coefficient (Wildman–Crippen LogP) is 7.36. The smallest absolute Gasteiger partial charge is 0.437 e. The zero-order valence-corrected chi connectivity index (χ0v) is 20.1. The number of imide groups is 1. The molecule has 1 heterocycles. The number of benzene rings is 1. The molecule has 2 atom stereocenters. The molecule has 1 fully saturated rings. The van der Waals surface area contributed by atoms with E-state index in [0.717, 1.165) is 31.2 Å². The van der Waals surface area contributed by atoms with Crippen LogP contribution in [0.15, 0.2) is 30.3 Å². The first kappa shape index (κ1) is 35.2. The van der Waals surface area contributed by atoms with Gasteiger partial charge in [-0.3, -0.25) is 4.79 Å². The molecule has 2 amide bonds. The first-order valence-electron chi connectivity index (χ1n) is 10.9. The summed E-state index contributed by atoms with van der Waals surface area (Å²) < 4.78 is 237. The molecule has 0 unspecified atom stereocenters. The van der Waals surface area contributed by atoms with Gasteiger partial charge in [0.1, 0.15) is 0 Å². The van der Waals surface area contributed by atoms with Crippen molar-refractivity contribution in [3.63, 3.8) is 0 Å². The number of amides is 2. The Morgan fingerprint density at radius 2 is 1.10 bits per heavy atom. The Morgan fingerprint density at radius 1 is 0.690 bits per heavy atom. The Kier molecular flexibility index (Phi) is 8.63. The number of halogens is 17. The van der Waals surface area contributed by atoms with E-state index in [1.807, 2.05) is 0 Å². The molecule has 1 saturated heterocycles. The minimum absolute atomic E-state index is 0.225. The first-order chi connectivity index (χ1) is 18.6. The predicted molar refractivity (Wildman–Crippen MR) is 102 cm³/mol. The molecule has 240 valence electrons. The third-order valence-corrected chi connectivity index (χ3v) is 6.07. The number of carbonyl (C=O) groups excluding carboxylic acids is 2. The van der Waals surface area contributed by atoms with Gasteiger partial charge in [0.05, 0.1) is 6.04 Å². The average molecular weight is 651 g/mol. The number of hydrogen-bond acceptors (Lipinski definition) is 3. The van der Waals surface area contributed by atoms with Crippen LogP contribution in [0, 0.1) is 0 Å². The Hall–Kier alpha value is -3.03. The topological polar surface area (TPSA) is 46.6 Å². The normalized spacial score (nSPS) is 20.1. The van der Waals surface area contributed by atoms with Gasteiger partial charge >= 0.3 is 53.7 Å². The Morgan fingerprint density at radius 3 is 1.50 bits per heavy atom. The van der Waals surface area contributed by atoms with E-state index >= 15 is 0 Å². The lowest BCUT2D eigenvalue weighted by molar-refractivity contribution is -0.463. The molecule has 0 spiro atoms. The highest BCUT2D eigenvalue weighted by atomic mass is 19.4. The number of rotatable bonds is 10. The maximum Gasteiger partial charge on any atom is 0.460 e. The zero-order valence-electron chi connectivity index (χ0n) is 20.1. The van der Waals surface area contributed by atoms with Crippen LogP contribution in [-0.2, 0) is 16.0 Å². The van der Waals surface area contributed by atoms with Gasteiger partial charge in [-0.05, 0) is 12.0 Å². The van der Waals surface area contributed by atoms with Gasteiger partial charge < -0.3 is 4.74 Å². The summed E-state index contributed by atoms with van der Waals surface area (Å²) >= 11 is 0.